The Morgan fingerprint density at radius 3 is 2.85 bits per heavy atom. The van der Waals surface area contributed by atoms with Crippen molar-refractivity contribution in [3.8, 4) is 0 Å². The Bertz CT molecular complexity index is 1120. The van der Waals surface area contributed by atoms with E-state index in [0.717, 1.165) is 33.3 Å². The van der Waals surface area contributed by atoms with Crippen molar-refractivity contribution in [3.63, 3.8) is 0 Å². The molecule has 128 valence electrons. The van der Waals surface area contributed by atoms with Crippen molar-refractivity contribution in [2.24, 2.45) is 7.05 Å². The van der Waals surface area contributed by atoms with Gasteiger partial charge in [0.15, 0.2) is 0 Å². The molecule has 4 rings (SSSR count). The van der Waals surface area contributed by atoms with Crippen LogP contribution in [0.1, 0.15) is 11.4 Å². The molecule has 1 amide bonds. The predicted octanol–water partition coefficient (Wildman–Crippen LogP) is 3.45. The number of benzene rings is 2. The minimum Gasteiger partial charge on any atom is -0.345 e. The maximum absolute atomic E-state index is 12.2. The van der Waals surface area contributed by atoms with Crippen molar-refractivity contribution in [2.45, 2.75) is 6.54 Å². The van der Waals surface area contributed by atoms with Crippen LogP contribution in [0.3, 0.4) is 0 Å². The Hall–Kier alpha value is -3.47. The van der Waals surface area contributed by atoms with E-state index in [0.29, 0.717) is 6.54 Å². The van der Waals surface area contributed by atoms with E-state index in [2.05, 4.69) is 15.3 Å². The number of aromatic nitrogens is 3. The minimum absolute atomic E-state index is 0.162. The van der Waals surface area contributed by atoms with E-state index in [-0.39, 0.29) is 5.91 Å². The zero-order valence-corrected chi connectivity index (χ0v) is 14.4. The van der Waals surface area contributed by atoms with Gasteiger partial charge in [-0.25, -0.2) is 4.98 Å². The first-order valence-electron chi connectivity index (χ1n) is 8.42. The second-order valence-electron chi connectivity index (χ2n) is 6.05. The zero-order valence-electron chi connectivity index (χ0n) is 14.4. The normalized spacial score (nSPS) is 11.4. The number of rotatable bonds is 4. The van der Waals surface area contributed by atoms with E-state index in [1.807, 2.05) is 66.2 Å². The number of carbonyl (C=O) groups is 1. The highest BCUT2D eigenvalue weighted by Crippen LogP contribution is 2.17. The number of nitrogens with one attached hydrogen (secondary N) is 1. The fourth-order valence-electron chi connectivity index (χ4n) is 3.01. The highest BCUT2D eigenvalue weighted by Gasteiger charge is 2.07. The zero-order chi connectivity index (χ0) is 17.9. The molecule has 1 N–H and O–H groups in total. The summed E-state index contributed by atoms with van der Waals surface area (Å²) in [7, 11) is 1.95. The average molecular weight is 342 g/mol. The largest absolute Gasteiger partial charge is 0.345 e. The summed E-state index contributed by atoms with van der Waals surface area (Å²) in [5.74, 6) is 0.657. The first-order chi connectivity index (χ1) is 12.7. The standard InChI is InChI=1S/C21H18N4O/c1-25-18-10-3-2-9-17(18)24-19(25)14-23-20(26)12-11-16-7-4-6-15-8-5-13-22-21(15)16/h2-13H,14H2,1H3,(H,23,26)/b12-11+. The second-order valence-corrected chi connectivity index (χ2v) is 6.05. The molecule has 0 aliphatic carbocycles. The summed E-state index contributed by atoms with van der Waals surface area (Å²) in [6.45, 7) is 0.377. The van der Waals surface area contributed by atoms with Crippen LogP contribution in [0.4, 0.5) is 0 Å². The van der Waals surface area contributed by atoms with Gasteiger partial charge in [-0.3, -0.25) is 9.78 Å². The van der Waals surface area contributed by atoms with Gasteiger partial charge in [-0.05, 0) is 24.3 Å². The molecule has 0 atom stereocenters. The lowest BCUT2D eigenvalue weighted by Gasteiger charge is -2.04. The molecule has 5 heteroatoms. The molecule has 26 heavy (non-hydrogen) atoms. The molecule has 0 unspecified atom stereocenters. The van der Waals surface area contributed by atoms with Crippen LogP contribution in [0.2, 0.25) is 0 Å². The smallest absolute Gasteiger partial charge is 0.244 e. The fraction of sp³-hybridized carbons (Fsp3) is 0.0952. The van der Waals surface area contributed by atoms with E-state index < -0.39 is 0 Å². The summed E-state index contributed by atoms with van der Waals surface area (Å²) in [5, 5.41) is 3.94. The average Bonchev–Trinajstić information content (AvgIpc) is 3.01. The molecule has 2 heterocycles. The van der Waals surface area contributed by atoms with E-state index >= 15 is 0 Å². The summed E-state index contributed by atoms with van der Waals surface area (Å²) < 4.78 is 1.99. The lowest BCUT2D eigenvalue weighted by molar-refractivity contribution is -0.116. The van der Waals surface area contributed by atoms with Gasteiger partial charge in [-0.15, -0.1) is 0 Å². The van der Waals surface area contributed by atoms with E-state index in [1.165, 1.54) is 6.08 Å². The van der Waals surface area contributed by atoms with Gasteiger partial charge in [0, 0.05) is 30.3 Å². The van der Waals surface area contributed by atoms with Crippen molar-refractivity contribution >= 4 is 33.9 Å². The number of pyridine rings is 1. The Morgan fingerprint density at radius 1 is 1.12 bits per heavy atom. The lowest BCUT2D eigenvalue weighted by Crippen LogP contribution is -2.22. The number of hydrogen-bond donors (Lipinski definition) is 1. The highest BCUT2D eigenvalue weighted by atomic mass is 16.1. The van der Waals surface area contributed by atoms with Crippen LogP contribution < -0.4 is 5.32 Å². The van der Waals surface area contributed by atoms with Crippen LogP contribution >= 0.6 is 0 Å². The molecular formula is C21H18N4O. The van der Waals surface area contributed by atoms with Gasteiger partial charge in [-0.2, -0.15) is 0 Å². The molecular weight excluding hydrogens is 324 g/mol. The van der Waals surface area contributed by atoms with Gasteiger partial charge in [0.25, 0.3) is 0 Å². The number of fused-ring (bicyclic) bond motifs is 2. The molecule has 4 aromatic rings. The third-order valence-electron chi connectivity index (χ3n) is 4.38. The molecule has 0 saturated heterocycles. The molecule has 5 nitrogen and oxygen atoms in total. The molecule has 0 bridgehead atoms. The topological polar surface area (TPSA) is 59.8 Å². The number of carbonyl (C=O) groups excluding carboxylic acids is 1. The van der Waals surface area contributed by atoms with E-state index in [1.54, 1.807) is 12.3 Å². The summed E-state index contributed by atoms with van der Waals surface area (Å²) >= 11 is 0. The minimum atomic E-state index is -0.162. The van der Waals surface area contributed by atoms with Crippen LogP contribution in [0.5, 0.6) is 0 Å². The third kappa shape index (κ3) is 3.07. The molecule has 0 radical (unpaired) electrons. The second kappa shape index (κ2) is 6.80. The molecule has 0 aliphatic heterocycles. The Balaban J connectivity index is 1.48. The van der Waals surface area contributed by atoms with Crippen LogP contribution in [0.15, 0.2) is 66.9 Å². The van der Waals surface area contributed by atoms with Crippen LogP contribution in [-0.2, 0) is 18.4 Å². The number of nitrogens with zero attached hydrogens (tertiary/aromatic N) is 3. The summed E-state index contributed by atoms with van der Waals surface area (Å²) in [5.41, 5.74) is 3.78. The number of hydrogen-bond acceptors (Lipinski definition) is 3. The van der Waals surface area contributed by atoms with E-state index in [4.69, 9.17) is 0 Å². The van der Waals surface area contributed by atoms with Gasteiger partial charge in [0.1, 0.15) is 5.82 Å². The lowest BCUT2D eigenvalue weighted by atomic mass is 10.1. The van der Waals surface area contributed by atoms with Gasteiger partial charge in [0.05, 0.1) is 23.1 Å². The van der Waals surface area contributed by atoms with Crippen molar-refractivity contribution < 1.29 is 4.79 Å². The quantitative estimate of drug-likeness (QED) is 0.578. The first kappa shape index (κ1) is 16.0. The van der Waals surface area contributed by atoms with Gasteiger partial charge >= 0.3 is 0 Å². The highest BCUT2D eigenvalue weighted by molar-refractivity contribution is 5.95. The van der Waals surface area contributed by atoms with E-state index in [9.17, 15) is 4.79 Å². The molecule has 0 saturated carbocycles. The van der Waals surface area contributed by atoms with Crippen LogP contribution in [0.25, 0.3) is 28.0 Å². The third-order valence-corrected chi connectivity index (χ3v) is 4.38. The summed E-state index contributed by atoms with van der Waals surface area (Å²) in [6.07, 6.45) is 5.08. The molecule has 0 spiro atoms. The summed E-state index contributed by atoms with van der Waals surface area (Å²) in [4.78, 5) is 21.1. The molecule has 0 aliphatic rings. The first-order valence-corrected chi connectivity index (χ1v) is 8.42. The number of para-hydroxylation sites is 3. The van der Waals surface area contributed by atoms with Crippen molar-refractivity contribution in [1.82, 2.24) is 19.9 Å². The Morgan fingerprint density at radius 2 is 1.96 bits per heavy atom. The van der Waals surface area contributed by atoms with Gasteiger partial charge < -0.3 is 9.88 Å². The monoisotopic (exact) mass is 342 g/mol. The molecule has 2 aromatic carbocycles. The van der Waals surface area contributed by atoms with Crippen molar-refractivity contribution in [3.05, 3.63) is 78.3 Å². The van der Waals surface area contributed by atoms with Crippen LogP contribution in [0, 0.1) is 0 Å². The van der Waals surface area contributed by atoms with Crippen LogP contribution in [-0.4, -0.2) is 20.4 Å². The van der Waals surface area contributed by atoms with Gasteiger partial charge in [-0.1, -0.05) is 36.4 Å². The van der Waals surface area contributed by atoms with Crippen molar-refractivity contribution in [2.75, 3.05) is 0 Å². The maximum Gasteiger partial charge on any atom is 0.244 e. The fourth-order valence-corrected chi connectivity index (χ4v) is 3.01. The SMILES string of the molecule is Cn1c(CNC(=O)/C=C/c2cccc3cccnc23)nc2ccccc21. The predicted molar refractivity (Wildman–Crippen MR) is 103 cm³/mol. The summed E-state index contributed by atoms with van der Waals surface area (Å²) in [6, 6.07) is 17.7. The number of amides is 1. The van der Waals surface area contributed by atoms with Gasteiger partial charge in [0.2, 0.25) is 5.91 Å². The molecule has 0 fully saturated rings. The Labute approximate surface area is 151 Å². The van der Waals surface area contributed by atoms with Crippen molar-refractivity contribution in [1.29, 1.82) is 0 Å². The Kier molecular flexibility index (Phi) is 4.19. The molecule has 2 aromatic heterocycles. The maximum atomic E-state index is 12.2. The number of imidazole rings is 1. The number of aryl methyl sites for hydroxylation is 1.